The molecule has 3 aromatic carbocycles. The summed E-state index contributed by atoms with van der Waals surface area (Å²) in [5.74, 6) is -0.461. The van der Waals surface area contributed by atoms with Crippen LogP contribution in [0.3, 0.4) is 0 Å². The maximum Gasteiger partial charge on any atom is 0.264 e. The lowest BCUT2D eigenvalue weighted by atomic mass is 10.1. The zero-order chi connectivity index (χ0) is 29.3. The number of anilines is 1. The molecule has 0 heterocycles. The van der Waals surface area contributed by atoms with Crippen LogP contribution in [0.5, 0.6) is 5.75 Å². The summed E-state index contributed by atoms with van der Waals surface area (Å²) in [5.41, 5.74) is 2.97. The number of nitrogens with zero attached hydrogens (tertiary/aromatic N) is 2. The van der Waals surface area contributed by atoms with Gasteiger partial charge in [0, 0.05) is 13.1 Å². The molecule has 1 N–H and O–H groups in total. The first kappa shape index (κ1) is 30.7. The number of carbonyl (C=O) groups excluding carboxylic acids is 2. The summed E-state index contributed by atoms with van der Waals surface area (Å²) in [6.45, 7) is 7.55. The van der Waals surface area contributed by atoms with Gasteiger partial charge in [0.25, 0.3) is 10.0 Å². The highest BCUT2D eigenvalue weighted by Gasteiger charge is 2.33. The van der Waals surface area contributed by atoms with Crippen LogP contribution in [0.25, 0.3) is 0 Å². The van der Waals surface area contributed by atoms with Crippen LogP contribution < -0.4 is 14.4 Å². The number of ether oxygens (including phenoxy) is 1. The Morgan fingerprint density at radius 1 is 0.950 bits per heavy atom. The molecule has 0 aliphatic heterocycles. The van der Waals surface area contributed by atoms with Gasteiger partial charge in [0.05, 0.1) is 17.7 Å². The molecule has 3 aromatic rings. The third-order valence-electron chi connectivity index (χ3n) is 6.69. The van der Waals surface area contributed by atoms with Crippen molar-refractivity contribution in [3.05, 3.63) is 89.5 Å². The van der Waals surface area contributed by atoms with E-state index >= 15 is 0 Å². The molecule has 0 fully saturated rings. The Bertz CT molecular complexity index is 1390. The predicted molar refractivity (Wildman–Crippen MR) is 158 cm³/mol. The van der Waals surface area contributed by atoms with Gasteiger partial charge in [-0.3, -0.25) is 13.9 Å². The Morgan fingerprint density at radius 2 is 1.60 bits per heavy atom. The minimum absolute atomic E-state index is 0.0547. The van der Waals surface area contributed by atoms with Crippen LogP contribution in [-0.2, 0) is 26.0 Å². The van der Waals surface area contributed by atoms with Crippen molar-refractivity contribution in [1.82, 2.24) is 10.2 Å². The van der Waals surface area contributed by atoms with E-state index in [1.165, 1.54) is 24.1 Å². The van der Waals surface area contributed by atoms with Crippen LogP contribution in [0.4, 0.5) is 5.69 Å². The van der Waals surface area contributed by atoms with E-state index in [2.05, 4.69) is 5.32 Å². The molecule has 3 rings (SSSR count). The molecule has 9 heteroatoms. The zero-order valence-electron chi connectivity index (χ0n) is 23.9. The van der Waals surface area contributed by atoms with Crippen molar-refractivity contribution < 1.29 is 22.7 Å². The van der Waals surface area contributed by atoms with E-state index < -0.39 is 28.5 Å². The summed E-state index contributed by atoms with van der Waals surface area (Å²) in [5, 5.41) is 2.85. The first-order valence-corrected chi connectivity index (χ1v) is 14.9. The molecule has 0 aliphatic carbocycles. The average molecular weight is 566 g/mol. The lowest BCUT2D eigenvalue weighted by Gasteiger charge is -2.32. The first-order valence-electron chi connectivity index (χ1n) is 13.4. The fourth-order valence-electron chi connectivity index (χ4n) is 4.31. The second-order valence-electron chi connectivity index (χ2n) is 9.79. The average Bonchev–Trinajstić information content (AvgIpc) is 2.95. The number of hydrogen-bond acceptors (Lipinski definition) is 5. The molecule has 0 unspecified atom stereocenters. The second-order valence-corrected chi connectivity index (χ2v) is 11.7. The number of nitrogens with one attached hydrogen (secondary N) is 1. The van der Waals surface area contributed by atoms with Gasteiger partial charge in [-0.1, -0.05) is 61.0 Å². The van der Waals surface area contributed by atoms with Crippen molar-refractivity contribution in [3.63, 3.8) is 0 Å². The van der Waals surface area contributed by atoms with Crippen LogP contribution in [0.15, 0.2) is 77.7 Å². The van der Waals surface area contributed by atoms with Gasteiger partial charge >= 0.3 is 0 Å². The van der Waals surface area contributed by atoms with Crippen molar-refractivity contribution in [2.45, 2.75) is 51.5 Å². The molecule has 214 valence electrons. The van der Waals surface area contributed by atoms with Gasteiger partial charge in [0.15, 0.2) is 0 Å². The van der Waals surface area contributed by atoms with Gasteiger partial charge in [-0.05, 0) is 69.0 Å². The van der Waals surface area contributed by atoms with Gasteiger partial charge in [-0.25, -0.2) is 8.42 Å². The summed E-state index contributed by atoms with van der Waals surface area (Å²) in [6.07, 6.45) is 1.27. The maximum atomic E-state index is 14.0. The molecular weight excluding hydrogens is 526 g/mol. The lowest BCUT2D eigenvalue weighted by molar-refractivity contribution is -0.138. The van der Waals surface area contributed by atoms with Crippen molar-refractivity contribution in [3.8, 4) is 5.75 Å². The number of sulfonamides is 1. The predicted octanol–water partition coefficient (Wildman–Crippen LogP) is 4.49. The van der Waals surface area contributed by atoms with Crippen LogP contribution >= 0.6 is 0 Å². The van der Waals surface area contributed by atoms with Crippen molar-refractivity contribution >= 4 is 27.5 Å². The molecule has 40 heavy (non-hydrogen) atoms. The summed E-state index contributed by atoms with van der Waals surface area (Å²) in [4.78, 5) is 28.4. The smallest absolute Gasteiger partial charge is 0.264 e. The Kier molecular flexibility index (Phi) is 10.7. The number of aryl methyl sites for hydroxylation is 2. The van der Waals surface area contributed by atoms with E-state index in [0.717, 1.165) is 27.4 Å². The number of carbonyl (C=O) groups is 2. The highest BCUT2D eigenvalue weighted by Crippen LogP contribution is 2.33. The quantitative estimate of drug-likeness (QED) is 0.329. The van der Waals surface area contributed by atoms with E-state index in [9.17, 15) is 18.0 Å². The molecule has 0 saturated heterocycles. The highest BCUT2D eigenvalue weighted by molar-refractivity contribution is 7.92. The molecule has 2 amide bonds. The molecule has 0 radical (unpaired) electrons. The monoisotopic (exact) mass is 565 g/mol. The van der Waals surface area contributed by atoms with E-state index in [4.69, 9.17) is 4.74 Å². The third kappa shape index (κ3) is 7.63. The topological polar surface area (TPSA) is 96.0 Å². The number of rotatable bonds is 13. The zero-order valence-corrected chi connectivity index (χ0v) is 24.7. The standard InChI is InChI=1S/C31H39N3O5S/c1-6-19-32-31(36)25(4)33(20-18-26-10-8-7-9-11-26)30(35)22-34(28-21-24(3)14-17-29(28)39-5)40(37,38)27-15-12-23(2)13-16-27/h7-17,21,25H,6,18-20,22H2,1-5H3,(H,32,36)/t25-/m0/s1. The summed E-state index contributed by atoms with van der Waals surface area (Å²) < 4.78 is 34.6. The minimum Gasteiger partial charge on any atom is -0.495 e. The molecule has 0 spiro atoms. The summed E-state index contributed by atoms with van der Waals surface area (Å²) in [6, 6.07) is 20.5. The number of hydrogen-bond donors (Lipinski definition) is 1. The fraction of sp³-hybridized carbons (Fsp3) is 0.355. The Balaban J connectivity index is 2.04. The van der Waals surface area contributed by atoms with Gasteiger partial charge < -0.3 is 15.0 Å². The van der Waals surface area contributed by atoms with Crippen LogP contribution in [0, 0.1) is 13.8 Å². The van der Waals surface area contributed by atoms with E-state index in [1.807, 2.05) is 57.2 Å². The van der Waals surface area contributed by atoms with Crippen molar-refractivity contribution in [1.29, 1.82) is 0 Å². The lowest BCUT2D eigenvalue weighted by Crippen LogP contribution is -2.52. The van der Waals surface area contributed by atoms with Crippen LogP contribution in [0.1, 0.15) is 37.0 Å². The third-order valence-corrected chi connectivity index (χ3v) is 8.47. The van der Waals surface area contributed by atoms with Crippen molar-refractivity contribution in [2.75, 3.05) is 31.0 Å². The molecule has 1 atom stereocenters. The largest absolute Gasteiger partial charge is 0.495 e. The number of benzene rings is 3. The molecule has 0 aromatic heterocycles. The molecule has 0 bridgehead atoms. The molecular formula is C31H39N3O5S. The second kappa shape index (κ2) is 14.0. The highest BCUT2D eigenvalue weighted by atomic mass is 32.2. The maximum absolute atomic E-state index is 14.0. The van der Waals surface area contributed by atoms with Crippen LogP contribution in [0.2, 0.25) is 0 Å². The number of methoxy groups -OCH3 is 1. The Labute approximate surface area is 238 Å². The first-order chi connectivity index (χ1) is 19.1. The molecule has 8 nitrogen and oxygen atoms in total. The number of amides is 2. The van der Waals surface area contributed by atoms with Gasteiger partial charge in [-0.2, -0.15) is 0 Å². The van der Waals surface area contributed by atoms with Gasteiger partial charge in [0.2, 0.25) is 11.8 Å². The fourth-order valence-corrected chi connectivity index (χ4v) is 5.73. The summed E-state index contributed by atoms with van der Waals surface area (Å²) in [7, 11) is -2.71. The van der Waals surface area contributed by atoms with Crippen molar-refractivity contribution in [2.24, 2.45) is 0 Å². The molecule has 0 saturated carbocycles. The van der Waals surface area contributed by atoms with Gasteiger partial charge in [-0.15, -0.1) is 0 Å². The Hall–Kier alpha value is -3.85. The molecule has 0 aliphatic rings. The van der Waals surface area contributed by atoms with E-state index in [1.54, 1.807) is 31.2 Å². The summed E-state index contributed by atoms with van der Waals surface area (Å²) >= 11 is 0. The Morgan fingerprint density at radius 3 is 2.23 bits per heavy atom. The van der Waals surface area contributed by atoms with Crippen LogP contribution in [-0.4, -0.2) is 57.9 Å². The van der Waals surface area contributed by atoms with Gasteiger partial charge in [0.1, 0.15) is 18.3 Å². The SMILES string of the molecule is CCCNC(=O)[C@H](C)N(CCc1ccccc1)C(=O)CN(c1cc(C)ccc1OC)S(=O)(=O)c1ccc(C)cc1. The normalized spacial score (nSPS) is 11.9. The van der Waals surface area contributed by atoms with E-state index in [-0.39, 0.29) is 23.0 Å². The minimum atomic E-state index is -4.17. The van der Waals surface area contributed by atoms with E-state index in [0.29, 0.717) is 18.7 Å².